The molecule has 1 fully saturated rings. The van der Waals surface area contributed by atoms with Crippen LogP contribution in [0.2, 0.25) is 0 Å². The lowest BCUT2D eigenvalue weighted by Crippen LogP contribution is -2.52. The summed E-state index contributed by atoms with van der Waals surface area (Å²) in [7, 11) is 1.33. The lowest BCUT2D eigenvalue weighted by molar-refractivity contribution is -0.303. The maximum atomic E-state index is 14.2. The lowest BCUT2D eigenvalue weighted by Gasteiger charge is -2.35. The lowest BCUT2D eigenvalue weighted by atomic mass is 9.85. The number of halogens is 3. The van der Waals surface area contributed by atoms with Crippen molar-refractivity contribution in [2.45, 2.75) is 37.5 Å². The molecule has 0 radical (unpaired) electrons. The van der Waals surface area contributed by atoms with E-state index in [0.29, 0.717) is 5.56 Å². The van der Waals surface area contributed by atoms with Crippen LogP contribution in [0, 0.1) is 0 Å². The van der Waals surface area contributed by atoms with Crippen LogP contribution in [0.3, 0.4) is 0 Å². The number of rotatable bonds is 4. The van der Waals surface area contributed by atoms with E-state index in [-0.39, 0.29) is 17.1 Å². The van der Waals surface area contributed by atoms with Crippen LogP contribution in [0.1, 0.15) is 25.0 Å². The fraction of sp³-hybridized carbons (Fsp3) is 0.333. The largest absolute Gasteiger partial charge is 0.492 e. The number of ether oxygens (including phenoxy) is 3. The van der Waals surface area contributed by atoms with Gasteiger partial charge in [0.15, 0.2) is 17.6 Å². The van der Waals surface area contributed by atoms with Crippen molar-refractivity contribution in [3.8, 4) is 0 Å². The minimum atomic E-state index is -5.04. The van der Waals surface area contributed by atoms with E-state index >= 15 is 0 Å². The third-order valence-corrected chi connectivity index (χ3v) is 4.48. The van der Waals surface area contributed by atoms with Crippen molar-refractivity contribution in [2.24, 2.45) is 0 Å². The third-order valence-electron chi connectivity index (χ3n) is 4.48. The Morgan fingerprint density at radius 2 is 1.54 bits per heavy atom. The molecule has 1 aliphatic rings. The van der Waals surface area contributed by atoms with Gasteiger partial charge in [0.2, 0.25) is 11.4 Å². The first-order valence-corrected chi connectivity index (χ1v) is 8.65. The van der Waals surface area contributed by atoms with E-state index in [1.54, 1.807) is 36.4 Å². The normalized spacial score (nSPS) is 22.9. The van der Waals surface area contributed by atoms with Crippen molar-refractivity contribution < 1.29 is 32.5 Å². The third kappa shape index (κ3) is 3.47. The van der Waals surface area contributed by atoms with Gasteiger partial charge in [-0.1, -0.05) is 60.7 Å². The second kappa shape index (κ2) is 7.14. The standard InChI is InChI=1S/C21H21F3O4/c1-19(2)27-17(16(26-3)14-10-6-4-7-11-14)18(28-19)20(25,21(22,23)24)15-12-8-5-9-13-15/h4-13,18,25H,1-3H3/b17-16+/t18-,20-/m1/s1. The Hall–Kier alpha value is -2.51. The van der Waals surface area contributed by atoms with Crippen molar-refractivity contribution >= 4 is 5.76 Å². The molecule has 2 atom stereocenters. The summed E-state index contributed by atoms with van der Waals surface area (Å²) in [5.41, 5.74) is -3.19. The summed E-state index contributed by atoms with van der Waals surface area (Å²) < 4.78 is 59.2. The van der Waals surface area contributed by atoms with Crippen LogP contribution in [-0.2, 0) is 19.8 Å². The van der Waals surface area contributed by atoms with Gasteiger partial charge in [0, 0.05) is 19.4 Å². The van der Waals surface area contributed by atoms with Gasteiger partial charge in [-0.2, -0.15) is 13.2 Å². The summed E-state index contributed by atoms with van der Waals surface area (Å²) in [5.74, 6) is -1.55. The molecule has 0 amide bonds. The van der Waals surface area contributed by atoms with Crippen LogP contribution in [0.4, 0.5) is 13.2 Å². The minimum absolute atomic E-state index is 0.0646. The minimum Gasteiger partial charge on any atom is -0.492 e. The SMILES string of the molecule is CO/C(=C1/OC(C)(C)O[C@H]1[C@](O)(c1ccccc1)C(F)(F)F)c1ccccc1. The monoisotopic (exact) mass is 394 g/mol. The van der Waals surface area contributed by atoms with Gasteiger partial charge in [0.05, 0.1) is 7.11 Å². The van der Waals surface area contributed by atoms with Crippen LogP contribution >= 0.6 is 0 Å². The average molecular weight is 394 g/mol. The van der Waals surface area contributed by atoms with E-state index in [2.05, 4.69) is 0 Å². The molecule has 1 saturated heterocycles. The van der Waals surface area contributed by atoms with Gasteiger partial charge in [0.25, 0.3) is 0 Å². The molecule has 1 aliphatic heterocycles. The van der Waals surface area contributed by atoms with Gasteiger partial charge < -0.3 is 19.3 Å². The average Bonchev–Trinajstić information content (AvgIpc) is 2.98. The zero-order valence-corrected chi connectivity index (χ0v) is 15.7. The molecule has 0 spiro atoms. The topological polar surface area (TPSA) is 47.9 Å². The second-order valence-electron chi connectivity index (χ2n) is 6.89. The van der Waals surface area contributed by atoms with E-state index < -0.39 is 23.7 Å². The number of hydrogen-bond acceptors (Lipinski definition) is 4. The molecule has 3 rings (SSSR count). The molecule has 1 heterocycles. The zero-order valence-electron chi connectivity index (χ0n) is 15.7. The van der Waals surface area contributed by atoms with Crippen molar-refractivity contribution in [3.63, 3.8) is 0 Å². The molecule has 7 heteroatoms. The molecule has 0 aromatic heterocycles. The quantitative estimate of drug-likeness (QED) is 0.770. The Labute approximate surface area is 161 Å². The maximum Gasteiger partial charge on any atom is 0.424 e. The summed E-state index contributed by atoms with van der Waals surface area (Å²) in [5, 5.41) is 11.0. The molecule has 0 bridgehead atoms. The van der Waals surface area contributed by atoms with E-state index in [9.17, 15) is 18.3 Å². The van der Waals surface area contributed by atoms with Gasteiger partial charge in [-0.15, -0.1) is 0 Å². The Bertz CT molecular complexity index is 847. The molecular formula is C21H21F3O4. The predicted octanol–water partition coefficient (Wildman–Crippen LogP) is 4.60. The van der Waals surface area contributed by atoms with Crippen LogP contribution in [-0.4, -0.2) is 30.3 Å². The highest BCUT2D eigenvalue weighted by Gasteiger charge is 2.66. The first-order valence-electron chi connectivity index (χ1n) is 8.65. The van der Waals surface area contributed by atoms with Crippen LogP contribution < -0.4 is 0 Å². The predicted molar refractivity (Wildman–Crippen MR) is 96.8 cm³/mol. The zero-order chi connectivity index (χ0) is 20.6. The number of alkyl halides is 3. The first kappa shape index (κ1) is 20.2. The van der Waals surface area contributed by atoms with Gasteiger partial charge in [-0.05, 0) is 5.56 Å². The molecule has 0 saturated carbocycles. The molecule has 0 aliphatic carbocycles. The van der Waals surface area contributed by atoms with E-state index in [1.807, 2.05) is 0 Å². The highest BCUT2D eigenvalue weighted by atomic mass is 19.4. The molecule has 150 valence electrons. The summed E-state index contributed by atoms with van der Waals surface area (Å²) in [6.07, 6.45) is -6.90. The molecule has 28 heavy (non-hydrogen) atoms. The van der Waals surface area contributed by atoms with Gasteiger partial charge in [-0.25, -0.2) is 0 Å². The second-order valence-corrected chi connectivity index (χ2v) is 6.89. The number of aliphatic hydroxyl groups is 1. The van der Waals surface area contributed by atoms with Gasteiger partial charge >= 0.3 is 6.18 Å². The van der Waals surface area contributed by atoms with E-state index in [4.69, 9.17) is 14.2 Å². The first-order chi connectivity index (χ1) is 13.1. The maximum absolute atomic E-state index is 14.2. The van der Waals surface area contributed by atoms with Crippen molar-refractivity contribution in [1.29, 1.82) is 0 Å². The Balaban J connectivity index is 2.25. The summed E-state index contributed by atoms with van der Waals surface area (Å²) in [6, 6.07) is 15.4. The smallest absolute Gasteiger partial charge is 0.424 e. The molecule has 2 aromatic rings. The fourth-order valence-electron chi connectivity index (χ4n) is 3.23. The van der Waals surface area contributed by atoms with Crippen LogP contribution in [0.15, 0.2) is 66.4 Å². The summed E-state index contributed by atoms with van der Waals surface area (Å²) in [4.78, 5) is 0. The Morgan fingerprint density at radius 3 is 2.04 bits per heavy atom. The summed E-state index contributed by atoms with van der Waals surface area (Å²) >= 11 is 0. The van der Waals surface area contributed by atoms with Gasteiger partial charge in [-0.3, -0.25) is 0 Å². The van der Waals surface area contributed by atoms with Crippen molar-refractivity contribution in [2.75, 3.05) is 7.11 Å². The van der Waals surface area contributed by atoms with Gasteiger partial charge in [0.1, 0.15) is 0 Å². The van der Waals surface area contributed by atoms with E-state index in [0.717, 1.165) is 0 Å². The number of hydrogen-bond donors (Lipinski definition) is 1. The van der Waals surface area contributed by atoms with Crippen LogP contribution in [0.5, 0.6) is 0 Å². The van der Waals surface area contributed by atoms with Crippen molar-refractivity contribution in [3.05, 3.63) is 77.5 Å². The molecule has 4 nitrogen and oxygen atoms in total. The molecule has 0 unspecified atom stereocenters. The molecule has 2 aromatic carbocycles. The number of methoxy groups -OCH3 is 1. The molecule has 1 N–H and O–H groups in total. The molecular weight excluding hydrogens is 373 g/mol. The highest BCUT2D eigenvalue weighted by molar-refractivity contribution is 5.63. The van der Waals surface area contributed by atoms with E-state index in [1.165, 1.54) is 45.2 Å². The Morgan fingerprint density at radius 1 is 1.00 bits per heavy atom. The fourth-order valence-corrected chi connectivity index (χ4v) is 3.23. The highest BCUT2D eigenvalue weighted by Crippen LogP contribution is 2.50. The van der Waals surface area contributed by atoms with Crippen molar-refractivity contribution in [1.82, 2.24) is 0 Å². The number of benzene rings is 2. The summed E-state index contributed by atoms with van der Waals surface area (Å²) in [6.45, 7) is 2.96. The Kier molecular flexibility index (Phi) is 5.16. The van der Waals surface area contributed by atoms with Crippen LogP contribution in [0.25, 0.3) is 5.76 Å².